The maximum Gasteiger partial charge on any atom is 0.232 e. The van der Waals surface area contributed by atoms with Crippen LogP contribution in [0.3, 0.4) is 0 Å². The van der Waals surface area contributed by atoms with Gasteiger partial charge in [-0.1, -0.05) is 23.2 Å². The van der Waals surface area contributed by atoms with E-state index in [0.717, 1.165) is 5.69 Å². The molecule has 0 bridgehead atoms. The van der Waals surface area contributed by atoms with Gasteiger partial charge in [0.25, 0.3) is 0 Å². The van der Waals surface area contributed by atoms with Gasteiger partial charge < -0.3 is 4.42 Å². The van der Waals surface area contributed by atoms with Gasteiger partial charge in [-0.05, 0) is 6.92 Å². The second-order valence-electron chi connectivity index (χ2n) is 2.62. The SMILES string of the molecule is Cc1coc(-c2c(Cl)ncnc2Cl)n1. The van der Waals surface area contributed by atoms with E-state index in [0.29, 0.717) is 11.5 Å². The highest BCUT2D eigenvalue weighted by Crippen LogP contribution is 2.30. The molecule has 0 atom stereocenters. The summed E-state index contributed by atoms with van der Waals surface area (Å²) in [7, 11) is 0. The smallest absolute Gasteiger partial charge is 0.232 e. The van der Waals surface area contributed by atoms with Crippen LogP contribution in [0.5, 0.6) is 0 Å². The number of hydrogen-bond acceptors (Lipinski definition) is 4. The van der Waals surface area contributed by atoms with Gasteiger partial charge in [-0.15, -0.1) is 0 Å². The zero-order chi connectivity index (χ0) is 10.1. The van der Waals surface area contributed by atoms with Crippen LogP contribution in [-0.2, 0) is 0 Å². The molecule has 0 fully saturated rings. The predicted molar refractivity (Wildman–Crippen MR) is 52.3 cm³/mol. The monoisotopic (exact) mass is 229 g/mol. The molecule has 0 unspecified atom stereocenters. The summed E-state index contributed by atoms with van der Waals surface area (Å²) in [4.78, 5) is 11.7. The molecule has 2 heterocycles. The van der Waals surface area contributed by atoms with Gasteiger partial charge in [0, 0.05) is 0 Å². The molecule has 2 aromatic heterocycles. The highest BCUT2D eigenvalue weighted by molar-refractivity contribution is 6.37. The molecule has 2 aromatic rings. The third kappa shape index (κ3) is 1.58. The molecule has 0 radical (unpaired) electrons. The molecule has 0 N–H and O–H groups in total. The quantitative estimate of drug-likeness (QED) is 0.706. The Bertz CT molecular complexity index is 449. The van der Waals surface area contributed by atoms with Crippen molar-refractivity contribution in [2.45, 2.75) is 6.92 Å². The summed E-state index contributed by atoms with van der Waals surface area (Å²) in [5, 5.41) is 0.457. The Morgan fingerprint density at radius 1 is 1.21 bits per heavy atom. The zero-order valence-corrected chi connectivity index (χ0v) is 8.67. The van der Waals surface area contributed by atoms with Crippen molar-refractivity contribution < 1.29 is 4.42 Å². The minimum absolute atomic E-state index is 0.229. The van der Waals surface area contributed by atoms with E-state index < -0.39 is 0 Å². The number of halogens is 2. The van der Waals surface area contributed by atoms with Gasteiger partial charge in [0.05, 0.1) is 5.69 Å². The third-order valence-corrected chi connectivity index (χ3v) is 2.16. The van der Waals surface area contributed by atoms with Gasteiger partial charge in [0.15, 0.2) is 0 Å². The highest BCUT2D eigenvalue weighted by atomic mass is 35.5. The van der Waals surface area contributed by atoms with E-state index in [-0.39, 0.29) is 10.3 Å². The molecule has 2 rings (SSSR count). The molecule has 14 heavy (non-hydrogen) atoms. The average molecular weight is 230 g/mol. The summed E-state index contributed by atoms with van der Waals surface area (Å²) >= 11 is 11.7. The summed E-state index contributed by atoms with van der Waals surface area (Å²) in [5.74, 6) is 0.332. The van der Waals surface area contributed by atoms with E-state index >= 15 is 0 Å². The molecule has 0 aliphatic rings. The zero-order valence-electron chi connectivity index (χ0n) is 7.16. The Morgan fingerprint density at radius 3 is 2.36 bits per heavy atom. The summed E-state index contributed by atoms with van der Waals surface area (Å²) < 4.78 is 5.15. The molecule has 72 valence electrons. The van der Waals surface area contributed by atoms with E-state index in [2.05, 4.69) is 15.0 Å². The van der Waals surface area contributed by atoms with Crippen molar-refractivity contribution in [1.29, 1.82) is 0 Å². The van der Waals surface area contributed by atoms with Crippen LogP contribution in [0.2, 0.25) is 10.3 Å². The minimum atomic E-state index is 0.229. The highest BCUT2D eigenvalue weighted by Gasteiger charge is 2.15. The maximum absolute atomic E-state index is 5.84. The van der Waals surface area contributed by atoms with Crippen molar-refractivity contribution in [1.82, 2.24) is 15.0 Å². The number of aromatic nitrogens is 3. The van der Waals surface area contributed by atoms with Gasteiger partial charge in [0.1, 0.15) is 28.5 Å². The second-order valence-corrected chi connectivity index (χ2v) is 3.34. The van der Waals surface area contributed by atoms with Gasteiger partial charge in [0.2, 0.25) is 5.89 Å². The Labute approximate surface area is 89.9 Å². The molecular weight excluding hydrogens is 225 g/mol. The number of nitrogens with zero attached hydrogens (tertiary/aromatic N) is 3. The van der Waals surface area contributed by atoms with Crippen molar-refractivity contribution in [3.8, 4) is 11.5 Å². The van der Waals surface area contributed by atoms with E-state index in [4.69, 9.17) is 27.6 Å². The fourth-order valence-electron chi connectivity index (χ4n) is 0.990. The lowest BCUT2D eigenvalue weighted by Gasteiger charge is -1.98. The van der Waals surface area contributed by atoms with Crippen molar-refractivity contribution in [3.63, 3.8) is 0 Å². The Morgan fingerprint density at radius 2 is 1.86 bits per heavy atom. The molecule has 0 saturated heterocycles. The first kappa shape index (κ1) is 9.43. The average Bonchev–Trinajstić information content (AvgIpc) is 2.51. The van der Waals surface area contributed by atoms with Crippen LogP contribution in [0.15, 0.2) is 17.0 Å². The lowest BCUT2D eigenvalue weighted by molar-refractivity contribution is 0.573. The second kappa shape index (κ2) is 3.55. The number of hydrogen-bond donors (Lipinski definition) is 0. The molecule has 4 nitrogen and oxygen atoms in total. The number of oxazole rings is 1. The van der Waals surface area contributed by atoms with Crippen molar-refractivity contribution >= 4 is 23.2 Å². The molecule has 0 aliphatic carbocycles. The van der Waals surface area contributed by atoms with Gasteiger partial charge in [-0.2, -0.15) is 0 Å². The Kier molecular flexibility index (Phi) is 2.39. The van der Waals surface area contributed by atoms with Crippen LogP contribution in [0, 0.1) is 6.92 Å². The van der Waals surface area contributed by atoms with Crippen LogP contribution in [0.25, 0.3) is 11.5 Å². The van der Waals surface area contributed by atoms with Crippen LogP contribution >= 0.6 is 23.2 Å². The first-order chi connectivity index (χ1) is 6.68. The van der Waals surface area contributed by atoms with Crippen LogP contribution in [0.4, 0.5) is 0 Å². The first-order valence-electron chi connectivity index (χ1n) is 3.77. The molecule has 0 aliphatic heterocycles. The van der Waals surface area contributed by atoms with Crippen LogP contribution in [0.1, 0.15) is 5.69 Å². The Balaban J connectivity index is 2.61. The predicted octanol–water partition coefficient (Wildman–Crippen LogP) is 2.75. The molecule has 0 aromatic carbocycles. The number of aryl methyl sites for hydroxylation is 1. The van der Waals surface area contributed by atoms with Crippen molar-refractivity contribution in [2.75, 3.05) is 0 Å². The lowest BCUT2D eigenvalue weighted by atomic mass is 10.3. The van der Waals surface area contributed by atoms with Gasteiger partial charge >= 0.3 is 0 Å². The normalized spacial score (nSPS) is 10.5. The van der Waals surface area contributed by atoms with Crippen LogP contribution in [-0.4, -0.2) is 15.0 Å². The van der Waals surface area contributed by atoms with Crippen LogP contribution < -0.4 is 0 Å². The standard InChI is InChI=1S/C8H5Cl2N3O/c1-4-2-14-8(13-4)5-6(9)11-3-12-7(5)10/h2-3H,1H3. The summed E-state index contributed by atoms with van der Waals surface area (Å²) in [6.07, 6.45) is 2.79. The van der Waals surface area contributed by atoms with Gasteiger partial charge in [-0.25, -0.2) is 15.0 Å². The molecule has 0 spiro atoms. The minimum Gasteiger partial charge on any atom is -0.444 e. The topological polar surface area (TPSA) is 51.8 Å². The summed E-state index contributed by atoms with van der Waals surface area (Å²) in [6.45, 7) is 1.80. The van der Waals surface area contributed by atoms with E-state index in [1.54, 1.807) is 6.92 Å². The fraction of sp³-hybridized carbons (Fsp3) is 0.125. The maximum atomic E-state index is 5.84. The molecule has 0 amide bonds. The largest absolute Gasteiger partial charge is 0.444 e. The van der Waals surface area contributed by atoms with Crippen molar-refractivity contribution in [2.24, 2.45) is 0 Å². The molecule has 6 heteroatoms. The van der Waals surface area contributed by atoms with E-state index in [1.807, 2.05) is 0 Å². The summed E-state index contributed by atoms with van der Waals surface area (Å²) in [5.41, 5.74) is 1.17. The van der Waals surface area contributed by atoms with E-state index in [1.165, 1.54) is 12.6 Å². The van der Waals surface area contributed by atoms with Gasteiger partial charge in [-0.3, -0.25) is 0 Å². The molecule has 0 saturated carbocycles. The summed E-state index contributed by atoms with van der Waals surface area (Å²) in [6, 6.07) is 0. The molecular formula is C8H5Cl2N3O. The lowest BCUT2D eigenvalue weighted by Crippen LogP contribution is -1.88. The first-order valence-corrected chi connectivity index (χ1v) is 4.52. The fourth-order valence-corrected chi connectivity index (χ4v) is 1.47. The van der Waals surface area contributed by atoms with E-state index in [9.17, 15) is 0 Å². The number of rotatable bonds is 1. The third-order valence-electron chi connectivity index (χ3n) is 1.59. The van der Waals surface area contributed by atoms with Crippen molar-refractivity contribution in [3.05, 3.63) is 28.6 Å². The Hall–Kier alpha value is -1.13.